The van der Waals surface area contributed by atoms with E-state index in [2.05, 4.69) is 68.5 Å². The summed E-state index contributed by atoms with van der Waals surface area (Å²) in [5, 5.41) is 6.69. The van der Waals surface area contributed by atoms with Crippen molar-refractivity contribution in [3.8, 4) is 0 Å². The lowest BCUT2D eigenvalue weighted by Crippen LogP contribution is -2.37. The number of aryl methyl sites for hydroxylation is 2. The maximum Gasteiger partial charge on any atom is 0.191 e. The van der Waals surface area contributed by atoms with Gasteiger partial charge < -0.3 is 15.0 Å². The summed E-state index contributed by atoms with van der Waals surface area (Å²) in [5.41, 5.74) is 4.52. The first-order valence-electron chi connectivity index (χ1n) is 8.68. The summed E-state index contributed by atoms with van der Waals surface area (Å²) in [5.74, 6) is 0.807. The second-order valence-corrected chi connectivity index (χ2v) is 6.07. The Morgan fingerprint density at radius 2 is 1.92 bits per heavy atom. The highest BCUT2D eigenvalue weighted by molar-refractivity contribution is 5.79. The number of guanidine groups is 1. The van der Waals surface area contributed by atoms with E-state index < -0.39 is 0 Å². The van der Waals surface area contributed by atoms with Gasteiger partial charge >= 0.3 is 0 Å². The van der Waals surface area contributed by atoms with Crippen LogP contribution >= 0.6 is 0 Å². The van der Waals surface area contributed by atoms with Gasteiger partial charge in [-0.25, -0.2) is 4.98 Å². The molecule has 3 aromatic rings. The van der Waals surface area contributed by atoms with E-state index in [1.807, 2.05) is 18.2 Å². The molecule has 0 unspecified atom stereocenters. The molecule has 2 aromatic heterocycles. The Kier molecular flexibility index (Phi) is 5.67. The van der Waals surface area contributed by atoms with Crippen LogP contribution in [0.15, 0.2) is 59.7 Å². The molecule has 0 aliphatic rings. The summed E-state index contributed by atoms with van der Waals surface area (Å²) in [6, 6.07) is 16.7. The molecule has 0 aliphatic carbocycles. The van der Waals surface area contributed by atoms with Crippen LogP contribution in [0.2, 0.25) is 0 Å². The number of fused-ring (bicyclic) bond motifs is 1. The highest BCUT2D eigenvalue weighted by atomic mass is 15.2. The van der Waals surface area contributed by atoms with Crippen LogP contribution in [0, 0.1) is 6.92 Å². The maximum absolute atomic E-state index is 4.63. The van der Waals surface area contributed by atoms with E-state index >= 15 is 0 Å². The van der Waals surface area contributed by atoms with Crippen LogP contribution < -0.4 is 10.6 Å². The van der Waals surface area contributed by atoms with Crippen molar-refractivity contribution in [3.05, 3.63) is 71.7 Å². The second kappa shape index (κ2) is 8.33. The van der Waals surface area contributed by atoms with Crippen molar-refractivity contribution in [2.45, 2.75) is 26.3 Å². The van der Waals surface area contributed by atoms with Crippen molar-refractivity contribution in [2.75, 3.05) is 13.6 Å². The fourth-order valence-electron chi connectivity index (χ4n) is 2.82. The van der Waals surface area contributed by atoms with Gasteiger partial charge in [0, 0.05) is 25.5 Å². The molecule has 2 N–H and O–H groups in total. The Morgan fingerprint density at radius 3 is 2.68 bits per heavy atom. The zero-order valence-corrected chi connectivity index (χ0v) is 14.9. The van der Waals surface area contributed by atoms with E-state index in [4.69, 9.17) is 0 Å². The third-order valence-electron chi connectivity index (χ3n) is 4.18. The van der Waals surface area contributed by atoms with Crippen LogP contribution in [0.3, 0.4) is 0 Å². The van der Waals surface area contributed by atoms with Crippen molar-refractivity contribution in [2.24, 2.45) is 4.99 Å². The van der Waals surface area contributed by atoms with Gasteiger partial charge in [0.2, 0.25) is 0 Å². The summed E-state index contributed by atoms with van der Waals surface area (Å²) in [6.45, 7) is 3.62. The zero-order valence-electron chi connectivity index (χ0n) is 14.9. The Labute approximate surface area is 148 Å². The quantitative estimate of drug-likeness (QED) is 0.414. The van der Waals surface area contributed by atoms with Crippen LogP contribution in [-0.4, -0.2) is 28.9 Å². The van der Waals surface area contributed by atoms with E-state index in [1.165, 1.54) is 11.3 Å². The minimum Gasteiger partial charge on any atom is -0.356 e. The molecule has 0 atom stereocenters. The fourth-order valence-corrected chi connectivity index (χ4v) is 2.82. The van der Waals surface area contributed by atoms with Gasteiger partial charge in [0.1, 0.15) is 5.65 Å². The molecule has 25 heavy (non-hydrogen) atoms. The molecule has 0 saturated carbocycles. The molecule has 0 bridgehead atoms. The van der Waals surface area contributed by atoms with Gasteiger partial charge in [0.25, 0.3) is 0 Å². The molecule has 0 amide bonds. The van der Waals surface area contributed by atoms with E-state index in [1.54, 1.807) is 7.05 Å². The highest BCUT2D eigenvalue weighted by Gasteiger charge is 2.04. The number of rotatable bonds is 6. The Morgan fingerprint density at radius 1 is 1.08 bits per heavy atom. The molecule has 0 spiro atoms. The van der Waals surface area contributed by atoms with Gasteiger partial charge in [-0.2, -0.15) is 0 Å². The maximum atomic E-state index is 4.63. The summed E-state index contributed by atoms with van der Waals surface area (Å²) >= 11 is 0. The smallest absolute Gasteiger partial charge is 0.191 e. The highest BCUT2D eigenvalue weighted by Crippen LogP contribution is 2.08. The van der Waals surface area contributed by atoms with E-state index in [0.717, 1.165) is 36.7 Å². The van der Waals surface area contributed by atoms with E-state index in [9.17, 15) is 0 Å². The number of pyridine rings is 1. The number of hydrogen-bond donors (Lipinski definition) is 2. The number of aromatic nitrogens is 2. The number of benzene rings is 1. The largest absolute Gasteiger partial charge is 0.356 e. The molecule has 1 aromatic carbocycles. The first-order chi connectivity index (χ1) is 12.3. The third kappa shape index (κ3) is 4.59. The van der Waals surface area contributed by atoms with Gasteiger partial charge in [-0.15, -0.1) is 0 Å². The van der Waals surface area contributed by atoms with Crippen molar-refractivity contribution < 1.29 is 0 Å². The van der Waals surface area contributed by atoms with E-state index in [-0.39, 0.29) is 0 Å². The lowest BCUT2D eigenvalue weighted by atomic mass is 10.1. The Balaban J connectivity index is 1.46. The first-order valence-corrected chi connectivity index (χ1v) is 8.68. The number of nitrogens with one attached hydrogen (secondary N) is 2. The number of nitrogens with zero attached hydrogens (tertiary/aromatic N) is 3. The predicted octanol–water partition coefficient (Wildman–Crippen LogP) is 2.94. The minimum atomic E-state index is 0.652. The standard InChI is InChI=1S/C20H25N5/c1-16-8-6-12-19-24-18(15-25(16)19)14-23-20(21-2)22-13-7-11-17-9-4-3-5-10-17/h3-6,8-10,12,15H,7,11,13-14H2,1-2H3,(H2,21,22,23). The third-order valence-corrected chi connectivity index (χ3v) is 4.18. The average Bonchev–Trinajstić information content (AvgIpc) is 3.06. The van der Waals surface area contributed by atoms with Crippen LogP contribution in [0.25, 0.3) is 5.65 Å². The van der Waals surface area contributed by atoms with Crippen LogP contribution in [-0.2, 0) is 13.0 Å². The lowest BCUT2D eigenvalue weighted by molar-refractivity contribution is 0.739. The summed E-state index contributed by atoms with van der Waals surface area (Å²) < 4.78 is 2.10. The van der Waals surface area contributed by atoms with Crippen molar-refractivity contribution in [1.29, 1.82) is 0 Å². The van der Waals surface area contributed by atoms with E-state index in [0.29, 0.717) is 6.54 Å². The fraction of sp³-hybridized carbons (Fsp3) is 0.300. The van der Waals surface area contributed by atoms with Crippen LogP contribution in [0.5, 0.6) is 0 Å². The monoisotopic (exact) mass is 335 g/mol. The molecule has 0 saturated heterocycles. The molecule has 3 rings (SSSR count). The number of imidazole rings is 1. The summed E-state index contributed by atoms with van der Waals surface area (Å²) in [7, 11) is 1.79. The van der Waals surface area contributed by atoms with Gasteiger partial charge in [-0.1, -0.05) is 36.4 Å². The van der Waals surface area contributed by atoms with Crippen molar-refractivity contribution in [3.63, 3.8) is 0 Å². The average molecular weight is 335 g/mol. The molecule has 0 aliphatic heterocycles. The van der Waals surface area contributed by atoms with Crippen molar-refractivity contribution in [1.82, 2.24) is 20.0 Å². The molecule has 5 heteroatoms. The van der Waals surface area contributed by atoms with Crippen LogP contribution in [0.1, 0.15) is 23.4 Å². The topological polar surface area (TPSA) is 53.7 Å². The molecule has 0 radical (unpaired) electrons. The first kappa shape index (κ1) is 17.0. The Hall–Kier alpha value is -2.82. The molecule has 5 nitrogen and oxygen atoms in total. The van der Waals surface area contributed by atoms with Gasteiger partial charge in [0.05, 0.1) is 12.2 Å². The Bertz CT molecular complexity index is 836. The molecule has 0 fully saturated rings. The molecule has 2 heterocycles. The number of aliphatic imine (C=N–C) groups is 1. The molecule has 130 valence electrons. The zero-order chi connectivity index (χ0) is 17.5. The van der Waals surface area contributed by atoms with Crippen LogP contribution in [0.4, 0.5) is 0 Å². The minimum absolute atomic E-state index is 0.652. The molecular weight excluding hydrogens is 310 g/mol. The SMILES string of the molecule is CN=C(NCCCc1ccccc1)NCc1cn2c(C)cccc2n1. The predicted molar refractivity (Wildman–Crippen MR) is 103 cm³/mol. The summed E-state index contributed by atoms with van der Waals surface area (Å²) in [4.78, 5) is 8.91. The number of hydrogen-bond acceptors (Lipinski definition) is 2. The molecular formula is C20H25N5. The lowest BCUT2D eigenvalue weighted by Gasteiger charge is -2.10. The van der Waals surface area contributed by atoms with Gasteiger partial charge in [-0.05, 0) is 37.5 Å². The van der Waals surface area contributed by atoms with Gasteiger partial charge in [0.15, 0.2) is 5.96 Å². The van der Waals surface area contributed by atoms with Crippen molar-refractivity contribution >= 4 is 11.6 Å². The second-order valence-electron chi connectivity index (χ2n) is 6.07. The van der Waals surface area contributed by atoms with Gasteiger partial charge in [-0.3, -0.25) is 4.99 Å². The summed E-state index contributed by atoms with van der Waals surface area (Å²) in [6.07, 6.45) is 4.20. The normalized spacial score (nSPS) is 11.7.